The number of fused-ring (bicyclic) bond motifs is 7. The van der Waals surface area contributed by atoms with Gasteiger partial charge in [0.1, 0.15) is 11.2 Å². The number of benzene rings is 6. The van der Waals surface area contributed by atoms with Crippen LogP contribution in [-0.2, 0) is 0 Å². The van der Waals surface area contributed by atoms with Crippen molar-refractivity contribution < 1.29 is 4.42 Å². The first-order valence-electron chi connectivity index (χ1n) is 15.1. The van der Waals surface area contributed by atoms with E-state index in [2.05, 4.69) is 90.4 Å². The molecule has 0 fully saturated rings. The van der Waals surface area contributed by atoms with Gasteiger partial charge in [-0.3, -0.25) is 0 Å². The van der Waals surface area contributed by atoms with Gasteiger partial charge in [-0.25, -0.2) is 15.0 Å². The zero-order valence-electron chi connectivity index (χ0n) is 24.5. The summed E-state index contributed by atoms with van der Waals surface area (Å²) in [6, 6.07) is 47.8. The van der Waals surface area contributed by atoms with E-state index in [0.29, 0.717) is 17.5 Å². The lowest BCUT2D eigenvalue weighted by Gasteiger charge is -2.11. The van der Waals surface area contributed by atoms with Gasteiger partial charge >= 0.3 is 0 Å². The van der Waals surface area contributed by atoms with E-state index in [9.17, 15) is 0 Å². The molecule has 0 aliphatic heterocycles. The zero-order chi connectivity index (χ0) is 29.9. The van der Waals surface area contributed by atoms with E-state index in [1.807, 2.05) is 60.7 Å². The largest absolute Gasteiger partial charge is 0.456 e. The van der Waals surface area contributed by atoms with Gasteiger partial charge < -0.3 is 8.98 Å². The topological polar surface area (TPSA) is 56.7 Å². The minimum absolute atomic E-state index is 0.606. The number of nitrogens with zero attached hydrogens (tertiary/aromatic N) is 4. The van der Waals surface area contributed by atoms with Crippen LogP contribution in [0.25, 0.3) is 83.6 Å². The number of rotatable bonds is 4. The van der Waals surface area contributed by atoms with Crippen molar-refractivity contribution in [1.29, 1.82) is 0 Å². The third kappa shape index (κ3) is 3.98. The maximum Gasteiger partial charge on any atom is 0.164 e. The first-order chi connectivity index (χ1) is 22.2. The van der Waals surface area contributed by atoms with E-state index in [4.69, 9.17) is 19.4 Å². The summed E-state index contributed by atoms with van der Waals surface area (Å²) in [6.45, 7) is 2.09. The van der Waals surface area contributed by atoms with Crippen LogP contribution in [-0.4, -0.2) is 19.5 Å². The molecule has 9 rings (SSSR count). The first-order valence-corrected chi connectivity index (χ1v) is 15.1. The Morgan fingerprint density at radius 3 is 1.80 bits per heavy atom. The van der Waals surface area contributed by atoms with Gasteiger partial charge in [-0.1, -0.05) is 109 Å². The standard InChI is InChI=1S/C40H26N4O/c1-25-21-22-31(40-42-38(26-13-5-2-6-14-26)41-39(43-40)27-15-7-3-8-16-27)34-35-33(45-37(25)34)24-23-30-29-19-11-12-20-32(29)44(36(30)35)28-17-9-4-10-18-28/h2-24H,1H3. The molecule has 5 nitrogen and oxygen atoms in total. The Balaban J connectivity index is 1.43. The number of furan rings is 1. The second-order valence-electron chi connectivity index (χ2n) is 11.3. The quantitative estimate of drug-likeness (QED) is 0.208. The average molecular weight is 579 g/mol. The summed E-state index contributed by atoms with van der Waals surface area (Å²) in [5, 5.41) is 4.41. The fourth-order valence-electron chi connectivity index (χ4n) is 6.50. The molecule has 0 amide bonds. The van der Waals surface area contributed by atoms with Gasteiger partial charge in [-0.15, -0.1) is 0 Å². The molecule has 45 heavy (non-hydrogen) atoms. The van der Waals surface area contributed by atoms with Crippen molar-refractivity contribution in [3.8, 4) is 39.9 Å². The third-order valence-electron chi connectivity index (χ3n) is 8.57. The minimum Gasteiger partial charge on any atom is -0.456 e. The van der Waals surface area contributed by atoms with Crippen LogP contribution in [0.4, 0.5) is 0 Å². The molecule has 3 heterocycles. The van der Waals surface area contributed by atoms with Crippen LogP contribution in [0.1, 0.15) is 5.56 Å². The normalized spacial score (nSPS) is 11.7. The Bertz CT molecular complexity index is 2470. The third-order valence-corrected chi connectivity index (χ3v) is 8.57. The predicted octanol–water partition coefficient (Wildman–Crippen LogP) is 10.2. The Morgan fingerprint density at radius 1 is 0.511 bits per heavy atom. The van der Waals surface area contributed by atoms with E-state index >= 15 is 0 Å². The molecule has 0 aliphatic rings. The van der Waals surface area contributed by atoms with Crippen LogP contribution in [0, 0.1) is 6.92 Å². The molecule has 0 aliphatic carbocycles. The molecule has 0 unspecified atom stereocenters. The Labute approximate surface area is 259 Å². The number of aromatic nitrogens is 4. The molecule has 0 spiro atoms. The van der Waals surface area contributed by atoms with Crippen LogP contribution >= 0.6 is 0 Å². The van der Waals surface area contributed by atoms with Crippen molar-refractivity contribution in [3.05, 3.63) is 145 Å². The molecule has 6 aromatic carbocycles. The van der Waals surface area contributed by atoms with E-state index < -0.39 is 0 Å². The van der Waals surface area contributed by atoms with Gasteiger partial charge in [-0.2, -0.15) is 0 Å². The highest BCUT2D eigenvalue weighted by Crippen LogP contribution is 2.44. The predicted molar refractivity (Wildman–Crippen MR) is 182 cm³/mol. The van der Waals surface area contributed by atoms with E-state index in [1.54, 1.807) is 0 Å². The van der Waals surface area contributed by atoms with E-state index in [1.165, 1.54) is 10.8 Å². The summed E-state index contributed by atoms with van der Waals surface area (Å²) >= 11 is 0. The second-order valence-corrected chi connectivity index (χ2v) is 11.3. The Morgan fingerprint density at radius 2 is 1.11 bits per heavy atom. The maximum absolute atomic E-state index is 6.69. The molecule has 3 aromatic heterocycles. The summed E-state index contributed by atoms with van der Waals surface area (Å²) in [4.78, 5) is 15.1. The van der Waals surface area contributed by atoms with Crippen molar-refractivity contribution >= 4 is 43.7 Å². The average Bonchev–Trinajstić information content (AvgIpc) is 3.66. The molecular weight excluding hydrogens is 552 g/mol. The van der Waals surface area contributed by atoms with Crippen molar-refractivity contribution in [2.45, 2.75) is 6.92 Å². The fraction of sp³-hybridized carbons (Fsp3) is 0.0250. The van der Waals surface area contributed by atoms with E-state index in [-0.39, 0.29) is 0 Å². The van der Waals surface area contributed by atoms with Crippen molar-refractivity contribution in [1.82, 2.24) is 19.5 Å². The number of hydrogen-bond acceptors (Lipinski definition) is 4. The van der Waals surface area contributed by atoms with Gasteiger partial charge in [0.2, 0.25) is 0 Å². The molecule has 212 valence electrons. The molecule has 0 radical (unpaired) electrons. The lowest BCUT2D eigenvalue weighted by molar-refractivity contribution is 0.666. The molecule has 0 saturated heterocycles. The van der Waals surface area contributed by atoms with Crippen LogP contribution in [0.2, 0.25) is 0 Å². The van der Waals surface area contributed by atoms with Gasteiger partial charge in [0.25, 0.3) is 0 Å². The van der Waals surface area contributed by atoms with Crippen LogP contribution in [0.5, 0.6) is 0 Å². The van der Waals surface area contributed by atoms with Crippen LogP contribution in [0.3, 0.4) is 0 Å². The van der Waals surface area contributed by atoms with Gasteiger partial charge in [-0.05, 0) is 42.8 Å². The molecule has 9 aromatic rings. The highest BCUT2D eigenvalue weighted by atomic mass is 16.3. The number of aryl methyl sites for hydroxylation is 1. The molecule has 0 bridgehead atoms. The summed E-state index contributed by atoms with van der Waals surface area (Å²) < 4.78 is 9.04. The second kappa shape index (κ2) is 10.00. The Kier molecular flexibility index (Phi) is 5.65. The lowest BCUT2D eigenvalue weighted by Crippen LogP contribution is -2.00. The lowest BCUT2D eigenvalue weighted by atomic mass is 10.0. The van der Waals surface area contributed by atoms with Crippen molar-refractivity contribution in [3.63, 3.8) is 0 Å². The first kappa shape index (κ1) is 25.4. The summed E-state index contributed by atoms with van der Waals surface area (Å²) in [5.74, 6) is 1.86. The zero-order valence-corrected chi connectivity index (χ0v) is 24.5. The highest BCUT2D eigenvalue weighted by Gasteiger charge is 2.23. The van der Waals surface area contributed by atoms with Gasteiger partial charge in [0.15, 0.2) is 17.5 Å². The van der Waals surface area contributed by atoms with Crippen LogP contribution < -0.4 is 0 Å². The number of hydrogen-bond donors (Lipinski definition) is 0. The Hall–Kier alpha value is -6.07. The monoisotopic (exact) mass is 578 g/mol. The SMILES string of the molecule is Cc1ccc(-c2nc(-c3ccccc3)nc(-c3ccccc3)n2)c2c1oc1ccc3c4ccccc4n(-c4ccccc4)c3c12. The molecule has 0 N–H and O–H groups in total. The van der Waals surface area contributed by atoms with Crippen LogP contribution in [0.15, 0.2) is 144 Å². The van der Waals surface area contributed by atoms with Crippen molar-refractivity contribution in [2.75, 3.05) is 0 Å². The summed E-state index contributed by atoms with van der Waals surface area (Å²) in [5.41, 5.74) is 8.84. The number of para-hydroxylation sites is 2. The fourth-order valence-corrected chi connectivity index (χ4v) is 6.50. The smallest absolute Gasteiger partial charge is 0.164 e. The summed E-state index contributed by atoms with van der Waals surface area (Å²) in [7, 11) is 0. The maximum atomic E-state index is 6.69. The minimum atomic E-state index is 0.606. The van der Waals surface area contributed by atoms with E-state index in [0.717, 1.165) is 60.9 Å². The van der Waals surface area contributed by atoms with Gasteiger partial charge in [0, 0.05) is 38.5 Å². The van der Waals surface area contributed by atoms with Gasteiger partial charge in [0.05, 0.1) is 16.4 Å². The van der Waals surface area contributed by atoms with Crippen molar-refractivity contribution in [2.24, 2.45) is 0 Å². The molecular formula is C40H26N4O. The molecule has 5 heteroatoms. The molecule has 0 atom stereocenters. The molecule has 0 saturated carbocycles. The highest BCUT2D eigenvalue weighted by molar-refractivity contribution is 6.27. The summed E-state index contributed by atoms with van der Waals surface area (Å²) in [6.07, 6.45) is 0.